The van der Waals surface area contributed by atoms with Gasteiger partial charge in [0.1, 0.15) is 0 Å². The van der Waals surface area contributed by atoms with Crippen LogP contribution in [0.4, 0.5) is 0 Å². The Morgan fingerprint density at radius 1 is 1.20 bits per heavy atom. The average molecular weight is 201 g/mol. The molecule has 0 radical (unpaired) electrons. The summed E-state index contributed by atoms with van der Waals surface area (Å²) in [7, 11) is 0. The van der Waals surface area contributed by atoms with E-state index in [2.05, 4.69) is 5.10 Å². The summed E-state index contributed by atoms with van der Waals surface area (Å²) >= 11 is 0. The van der Waals surface area contributed by atoms with Gasteiger partial charge in [-0.15, -0.1) is 0 Å². The molecule has 1 heterocycles. The lowest BCUT2D eigenvalue weighted by Gasteiger charge is -2.06. The lowest BCUT2D eigenvalue weighted by molar-refractivity contribution is 0.813. The number of benzene rings is 1. The zero-order chi connectivity index (χ0) is 10.8. The molecule has 2 aromatic rings. The first-order valence-corrected chi connectivity index (χ1v) is 5.05. The summed E-state index contributed by atoms with van der Waals surface area (Å²) in [5, 5.41) is 4.34. The second-order valence-electron chi connectivity index (χ2n) is 3.78. The van der Waals surface area contributed by atoms with Gasteiger partial charge in [0.15, 0.2) is 0 Å². The van der Waals surface area contributed by atoms with Crippen molar-refractivity contribution in [2.75, 3.05) is 0 Å². The van der Waals surface area contributed by atoms with Gasteiger partial charge in [-0.05, 0) is 37.6 Å². The molecule has 0 fully saturated rings. The lowest BCUT2D eigenvalue weighted by Crippen LogP contribution is -2.05. The van der Waals surface area contributed by atoms with Crippen LogP contribution in [0, 0.1) is 6.92 Å². The van der Waals surface area contributed by atoms with Crippen molar-refractivity contribution < 1.29 is 0 Å². The summed E-state index contributed by atoms with van der Waals surface area (Å²) < 4.78 is 1.86. The lowest BCUT2D eigenvalue weighted by atomic mass is 10.1. The fourth-order valence-electron chi connectivity index (χ4n) is 1.49. The van der Waals surface area contributed by atoms with Crippen LogP contribution in [0.25, 0.3) is 5.69 Å². The molecule has 3 heteroatoms. The van der Waals surface area contributed by atoms with E-state index < -0.39 is 0 Å². The molecular formula is C12H15N3. The summed E-state index contributed by atoms with van der Waals surface area (Å²) in [6.07, 6.45) is 1.95. The molecule has 0 unspecified atom stereocenters. The fourth-order valence-corrected chi connectivity index (χ4v) is 1.49. The van der Waals surface area contributed by atoms with Crippen molar-refractivity contribution in [1.29, 1.82) is 0 Å². The molecule has 2 N–H and O–H groups in total. The van der Waals surface area contributed by atoms with Crippen LogP contribution in [0.1, 0.15) is 24.2 Å². The number of hydrogen-bond acceptors (Lipinski definition) is 2. The Morgan fingerprint density at radius 3 is 2.33 bits per heavy atom. The molecule has 1 aromatic carbocycles. The minimum absolute atomic E-state index is 0.0819. The van der Waals surface area contributed by atoms with Gasteiger partial charge in [-0.3, -0.25) is 0 Å². The topological polar surface area (TPSA) is 43.8 Å². The molecule has 0 amide bonds. The Morgan fingerprint density at radius 2 is 1.87 bits per heavy atom. The Bertz CT molecular complexity index is 440. The van der Waals surface area contributed by atoms with Crippen LogP contribution in [0.15, 0.2) is 36.5 Å². The largest absolute Gasteiger partial charge is 0.324 e. The highest BCUT2D eigenvalue weighted by Crippen LogP contribution is 2.13. The van der Waals surface area contributed by atoms with Gasteiger partial charge in [-0.1, -0.05) is 12.1 Å². The fraction of sp³-hybridized carbons (Fsp3) is 0.250. The first-order valence-electron chi connectivity index (χ1n) is 5.05. The number of aryl methyl sites for hydroxylation is 1. The molecule has 2 rings (SSSR count). The van der Waals surface area contributed by atoms with Crippen LogP contribution in [0.5, 0.6) is 0 Å². The number of rotatable bonds is 2. The Hall–Kier alpha value is -1.61. The molecule has 1 aromatic heterocycles. The molecule has 0 aliphatic carbocycles. The number of aromatic nitrogens is 2. The van der Waals surface area contributed by atoms with Crippen molar-refractivity contribution in [3.8, 4) is 5.69 Å². The summed E-state index contributed by atoms with van der Waals surface area (Å²) in [4.78, 5) is 0. The van der Waals surface area contributed by atoms with Crippen molar-refractivity contribution in [1.82, 2.24) is 9.78 Å². The highest BCUT2D eigenvalue weighted by Gasteiger charge is 2.01. The number of nitrogens with zero attached hydrogens (tertiary/aromatic N) is 2. The molecule has 78 valence electrons. The maximum absolute atomic E-state index is 5.78. The maximum atomic E-state index is 5.78. The van der Waals surface area contributed by atoms with Gasteiger partial charge in [0.2, 0.25) is 0 Å². The SMILES string of the molecule is Cc1ccn(-c2ccc([C@H](C)N)cc2)n1. The molecule has 0 aliphatic heterocycles. The van der Waals surface area contributed by atoms with Gasteiger partial charge in [0, 0.05) is 12.2 Å². The van der Waals surface area contributed by atoms with Crippen LogP contribution in [0.3, 0.4) is 0 Å². The third kappa shape index (κ3) is 2.07. The predicted octanol–water partition coefficient (Wildman–Crippen LogP) is 2.20. The third-order valence-electron chi connectivity index (χ3n) is 2.41. The molecule has 1 atom stereocenters. The quantitative estimate of drug-likeness (QED) is 0.809. The molecule has 0 bridgehead atoms. The van der Waals surface area contributed by atoms with E-state index in [0.717, 1.165) is 16.9 Å². The molecular weight excluding hydrogens is 186 g/mol. The standard InChI is InChI=1S/C12H15N3/c1-9-7-8-15(14-9)12-5-3-11(4-6-12)10(2)13/h3-8,10H,13H2,1-2H3/t10-/m0/s1. The predicted molar refractivity (Wildman–Crippen MR) is 60.9 cm³/mol. The molecule has 0 aliphatic rings. The summed E-state index contributed by atoms with van der Waals surface area (Å²) in [6, 6.07) is 10.2. The minimum Gasteiger partial charge on any atom is -0.324 e. The maximum Gasteiger partial charge on any atom is 0.0645 e. The smallest absolute Gasteiger partial charge is 0.0645 e. The second-order valence-corrected chi connectivity index (χ2v) is 3.78. The van der Waals surface area contributed by atoms with E-state index in [1.54, 1.807) is 0 Å². The van der Waals surface area contributed by atoms with E-state index in [-0.39, 0.29) is 6.04 Å². The first kappa shape index (κ1) is 9.93. The van der Waals surface area contributed by atoms with Crippen molar-refractivity contribution in [2.24, 2.45) is 5.73 Å². The summed E-state index contributed by atoms with van der Waals surface area (Å²) in [5.74, 6) is 0. The van der Waals surface area contributed by atoms with Gasteiger partial charge in [0.05, 0.1) is 11.4 Å². The summed E-state index contributed by atoms with van der Waals surface area (Å²) in [6.45, 7) is 3.96. The zero-order valence-corrected chi connectivity index (χ0v) is 9.01. The van der Waals surface area contributed by atoms with Gasteiger partial charge in [-0.2, -0.15) is 5.10 Å². The van der Waals surface area contributed by atoms with E-state index in [1.807, 2.05) is 55.1 Å². The third-order valence-corrected chi connectivity index (χ3v) is 2.41. The monoisotopic (exact) mass is 201 g/mol. The minimum atomic E-state index is 0.0819. The van der Waals surface area contributed by atoms with Crippen molar-refractivity contribution in [3.63, 3.8) is 0 Å². The highest BCUT2D eigenvalue weighted by molar-refractivity contribution is 5.35. The van der Waals surface area contributed by atoms with Crippen molar-refractivity contribution >= 4 is 0 Å². The van der Waals surface area contributed by atoms with E-state index in [9.17, 15) is 0 Å². The summed E-state index contributed by atoms with van der Waals surface area (Å²) in [5.41, 5.74) is 9.01. The van der Waals surface area contributed by atoms with E-state index >= 15 is 0 Å². The zero-order valence-electron chi connectivity index (χ0n) is 9.01. The normalized spacial score (nSPS) is 12.7. The average Bonchev–Trinajstić information content (AvgIpc) is 2.65. The van der Waals surface area contributed by atoms with Crippen LogP contribution in [-0.4, -0.2) is 9.78 Å². The number of nitrogens with two attached hydrogens (primary N) is 1. The van der Waals surface area contributed by atoms with Crippen molar-refractivity contribution in [3.05, 3.63) is 47.8 Å². The molecule has 3 nitrogen and oxygen atoms in total. The van der Waals surface area contributed by atoms with Gasteiger partial charge >= 0.3 is 0 Å². The van der Waals surface area contributed by atoms with E-state index in [0.29, 0.717) is 0 Å². The van der Waals surface area contributed by atoms with Gasteiger partial charge in [0.25, 0.3) is 0 Å². The highest BCUT2D eigenvalue weighted by atomic mass is 15.3. The Labute approximate surface area is 89.5 Å². The molecule has 15 heavy (non-hydrogen) atoms. The second kappa shape index (κ2) is 3.87. The number of hydrogen-bond donors (Lipinski definition) is 1. The Kier molecular flexibility index (Phi) is 2.56. The molecule has 0 saturated carbocycles. The Balaban J connectivity index is 2.31. The van der Waals surface area contributed by atoms with E-state index in [1.165, 1.54) is 0 Å². The molecule has 0 spiro atoms. The van der Waals surface area contributed by atoms with Crippen LogP contribution in [-0.2, 0) is 0 Å². The van der Waals surface area contributed by atoms with Crippen LogP contribution >= 0.6 is 0 Å². The molecule has 0 saturated heterocycles. The van der Waals surface area contributed by atoms with Crippen molar-refractivity contribution in [2.45, 2.75) is 19.9 Å². The van der Waals surface area contributed by atoms with Crippen LogP contribution < -0.4 is 5.73 Å². The van der Waals surface area contributed by atoms with Crippen LogP contribution in [0.2, 0.25) is 0 Å². The van der Waals surface area contributed by atoms with Gasteiger partial charge < -0.3 is 5.73 Å². The van der Waals surface area contributed by atoms with E-state index in [4.69, 9.17) is 5.73 Å². The first-order chi connectivity index (χ1) is 7.16. The van der Waals surface area contributed by atoms with Gasteiger partial charge in [-0.25, -0.2) is 4.68 Å².